The Morgan fingerprint density at radius 2 is 2.08 bits per heavy atom. The van der Waals surface area contributed by atoms with Crippen LogP contribution in [0.15, 0.2) is 24.0 Å². The number of likely N-dealkylation sites (N-methyl/N-ethyl adjacent to an activating group) is 1. The molecule has 5 nitrogen and oxygen atoms in total. The van der Waals surface area contributed by atoms with Crippen molar-refractivity contribution in [2.45, 2.75) is 30.7 Å². The van der Waals surface area contributed by atoms with Crippen LogP contribution in [0.2, 0.25) is 0 Å². The minimum atomic E-state index is -0.359. The van der Waals surface area contributed by atoms with E-state index in [1.807, 2.05) is 18.2 Å². The van der Waals surface area contributed by atoms with E-state index in [0.29, 0.717) is 24.0 Å². The molecule has 136 valence electrons. The normalized spacial score (nSPS) is 30.5. The number of ketones is 1. The number of hydrogen-bond donors (Lipinski definition) is 1. The van der Waals surface area contributed by atoms with E-state index in [1.165, 1.54) is 0 Å². The molecular formula is C19H24ClNO4. The van der Waals surface area contributed by atoms with E-state index in [-0.39, 0.29) is 36.7 Å². The molecule has 0 amide bonds. The van der Waals surface area contributed by atoms with E-state index in [1.54, 1.807) is 14.2 Å². The number of phenols is 1. The van der Waals surface area contributed by atoms with Crippen molar-refractivity contribution >= 4 is 5.78 Å². The molecule has 1 saturated heterocycles. The lowest BCUT2D eigenvalue weighted by atomic mass is 9.53. The molecule has 0 unspecified atom stereocenters. The van der Waals surface area contributed by atoms with Crippen molar-refractivity contribution in [2.24, 2.45) is 5.92 Å². The van der Waals surface area contributed by atoms with Crippen molar-refractivity contribution in [3.8, 4) is 11.5 Å². The van der Waals surface area contributed by atoms with Crippen LogP contribution in [0.5, 0.6) is 11.5 Å². The second-order valence-electron chi connectivity index (χ2n) is 7.17. The molecule has 3 atom stereocenters. The summed E-state index contributed by atoms with van der Waals surface area (Å²) in [4.78, 5) is 15.0. The van der Waals surface area contributed by atoms with Crippen LogP contribution in [-0.2, 0) is 21.4 Å². The number of rotatable bonds is 2. The monoisotopic (exact) mass is 365 g/mol. The number of nitrogens with zero attached hydrogens (tertiary/aromatic N) is 1. The van der Waals surface area contributed by atoms with Gasteiger partial charge in [-0.2, -0.15) is 0 Å². The van der Waals surface area contributed by atoms with Gasteiger partial charge in [0.1, 0.15) is 0 Å². The van der Waals surface area contributed by atoms with Crippen LogP contribution in [0, 0.1) is 5.92 Å². The molecule has 3 aliphatic rings. The molecule has 1 N–H and O–H groups in total. The lowest BCUT2D eigenvalue weighted by Crippen LogP contribution is -3.00. The van der Waals surface area contributed by atoms with Gasteiger partial charge in [-0.3, -0.25) is 4.79 Å². The first-order valence-corrected chi connectivity index (χ1v) is 8.40. The summed E-state index contributed by atoms with van der Waals surface area (Å²) in [6.07, 6.45) is 4.08. The third-order valence-electron chi connectivity index (χ3n) is 6.21. The standard InChI is InChI=1S/C19H23NO4.ClH/c1-20-7-6-19-10-14(21)16(24-3)9-12(19)13(20)8-11-4-5-15(23-2)18(22)17(11)19;/h4-5,9,12-13,22H,6-8,10H2,1-3H3;1H/t12-,13+,19-;/m1./s1. The number of fused-ring (bicyclic) bond motifs is 1. The Bertz CT molecular complexity index is 753. The van der Waals surface area contributed by atoms with Gasteiger partial charge >= 0.3 is 1.43 Å². The third kappa shape index (κ3) is 2.36. The summed E-state index contributed by atoms with van der Waals surface area (Å²) in [7, 11) is 5.25. The summed E-state index contributed by atoms with van der Waals surface area (Å²) in [6, 6.07) is 4.18. The van der Waals surface area contributed by atoms with Crippen LogP contribution in [0.3, 0.4) is 0 Å². The van der Waals surface area contributed by atoms with E-state index in [2.05, 4.69) is 11.9 Å². The Hall–Kier alpha value is -1.72. The molecule has 1 aliphatic heterocycles. The number of halogens is 1. The molecule has 2 aliphatic carbocycles. The Labute approximate surface area is 155 Å². The summed E-state index contributed by atoms with van der Waals surface area (Å²) in [5.41, 5.74) is 1.68. The summed E-state index contributed by atoms with van der Waals surface area (Å²) >= 11 is 0. The number of allylic oxidation sites excluding steroid dienone is 1. The number of benzene rings is 1. The molecule has 4 rings (SSSR count). The largest absolute Gasteiger partial charge is 1.00 e. The van der Waals surface area contributed by atoms with Gasteiger partial charge in [-0.25, -0.2) is 0 Å². The maximum Gasteiger partial charge on any atom is 1.00 e. The summed E-state index contributed by atoms with van der Waals surface area (Å²) in [6.45, 7) is 0.917. The number of piperidine rings is 1. The highest BCUT2D eigenvalue weighted by atomic mass is 35.5. The SMILES string of the molecule is COC1=C[C@@H]2[C@@H]3Cc4ccc(OC)c(O)c4[C@]2(CCN3C)CC1=O.[Cl-].[H+]. The first-order valence-electron chi connectivity index (χ1n) is 8.40. The van der Waals surface area contributed by atoms with Crippen molar-refractivity contribution in [2.75, 3.05) is 27.8 Å². The fourth-order valence-electron chi connectivity index (χ4n) is 5.03. The molecule has 25 heavy (non-hydrogen) atoms. The van der Waals surface area contributed by atoms with Gasteiger partial charge in [0.15, 0.2) is 23.0 Å². The lowest BCUT2D eigenvalue weighted by molar-refractivity contribution is -0.122. The minimum Gasteiger partial charge on any atom is -1.00 e. The molecule has 6 heteroatoms. The Morgan fingerprint density at radius 1 is 1.32 bits per heavy atom. The highest BCUT2D eigenvalue weighted by Crippen LogP contribution is 2.57. The minimum absolute atomic E-state index is 0. The number of Topliss-reactive ketones (excluding diaryl/α,β-unsaturated/α-hetero) is 1. The highest BCUT2D eigenvalue weighted by molar-refractivity contribution is 5.96. The average molecular weight is 366 g/mol. The summed E-state index contributed by atoms with van der Waals surface area (Å²) < 4.78 is 10.6. The number of aromatic hydroxyl groups is 1. The predicted molar refractivity (Wildman–Crippen MR) is 90.4 cm³/mol. The van der Waals surface area contributed by atoms with Crippen molar-refractivity contribution in [3.05, 3.63) is 35.1 Å². The van der Waals surface area contributed by atoms with Gasteiger partial charge in [0.25, 0.3) is 0 Å². The van der Waals surface area contributed by atoms with Gasteiger partial charge in [-0.15, -0.1) is 0 Å². The van der Waals surface area contributed by atoms with E-state index < -0.39 is 0 Å². The van der Waals surface area contributed by atoms with Crippen molar-refractivity contribution in [1.82, 2.24) is 4.90 Å². The quantitative estimate of drug-likeness (QED) is 0.738. The topological polar surface area (TPSA) is 59.0 Å². The zero-order valence-corrected chi connectivity index (χ0v) is 15.5. The van der Waals surface area contributed by atoms with Crippen molar-refractivity contribution in [3.63, 3.8) is 0 Å². The van der Waals surface area contributed by atoms with Crippen molar-refractivity contribution in [1.29, 1.82) is 0 Å². The van der Waals surface area contributed by atoms with Gasteiger partial charge in [0, 0.05) is 29.4 Å². The molecule has 1 fully saturated rings. The average Bonchev–Trinajstić information content (AvgIpc) is 2.57. The Morgan fingerprint density at radius 3 is 2.76 bits per heavy atom. The molecule has 1 heterocycles. The van der Waals surface area contributed by atoms with Crippen LogP contribution in [0.25, 0.3) is 0 Å². The Kier molecular flexibility index (Phi) is 4.50. The van der Waals surface area contributed by atoms with E-state index in [0.717, 1.165) is 30.5 Å². The van der Waals surface area contributed by atoms with Gasteiger partial charge in [-0.05, 0) is 44.1 Å². The maximum absolute atomic E-state index is 12.6. The highest BCUT2D eigenvalue weighted by Gasteiger charge is 2.56. The molecule has 1 aromatic rings. The molecule has 0 radical (unpaired) electrons. The van der Waals surface area contributed by atoms with Gasteiger partial charge < -0.3 is 31.9 Å². The van der Waals surface area contributed by atoms with Crippen molar-refractivity contribution < 1.29 is 33.2 Å². The van der Waals surface area contributed by atoms with Crippen LogP contribution in [0.4, 0.5) is 0 Å². The first-order chi connectivity index (χ1) is 11.5. The molecule has 0 aromatic heterocycles. The van der Waals surface area contributed by atoms with Gasteiger partial charge in [-0.1, -0.05) is 6.07 Å². The van der Waals surface area contributed by atoms with Crippen LogP contribution < -0.4 is 17.1 Å². The number of likely N-dealkylation sites (tertiary alicyclic amines) is 1. The lowest BCUT2D eigenvalue weighted by Gasteiger charge is -2.56. The summed E-state index contributed by atoms with van der Waals surface area (Å²) in [5.74, 6) is 1.32. The van der Waals surface area contributed by atoms with Gasteiger partial charge in [0.2, 0.25) is 0 Å². The molecule has 1 aromatic carbocycles. The Balaban J connectivity index is 0.00000121. The van der Waals surface area contributed by atoms with Crippen LogP contribution >= 0.6 is 0 Å². The van der Waals surface area contributed by atoms with E-state index in [4.69, 9.17) is 9.47 Å². The smallest absolute Gasteiger partial charge is 1.00 e. The van der Waals surface area contributed by atoms with Crippen LogP contribution in [-0.4, -0.2) is 49.6 Å². The number of ether oxygens (including phenoxy) is 2. The number of carbonyl (C=O) groups is 1. The molecular weight excluding hydrogens is 342 g/mol. The predicted octanol–water partition coefficient (Wildman–Crippen LogP) is -0.865. The number of carbonyl (C=O) groups excluding carboxylic acids is 1. The van der Waals surface area contributed by atoms with E-state index >= 15 is 0 Å². The maximum atomic E-state index is 12.6. The fourth-order valence-corrected chi connectivity index (χ4v) is 5.03. The van der Waals surface area contributed by atoms with E-state index in [9.17, 15) is 9.90 Å². The zero-order chi connectivity index (χ0) is 17.1. The third-order valence-corrected chi connectivity index (χ3v) is 6.21. The number of phenolic OH excluding ortho intramolecular Hbond substituents is 1. The van der Waals surface area contributed by atoms with Crippen LogP contribution in [0.1, 0.15) is 25.4 Å². The first kappa shape index (κ1) is 18.1. The van der Waals surface area contributed by atoms with Gasteiger partial charge in [0.05, 0.1) is 14.2 Å². The fraction of sp³-hybridized carbons (Fsp3) is 0.526. The second-order valence-corrected chi connectivity index (χ2v) is 7.17. The summed E-state index contributed by atoms with van der Waals surface area (Å²) in [5, 5.41) is 10.9. The molecule has 0 saturated carbocycles. The molecule has 2 bridgehead atoms. The second kappa shape index (κ2) is 6.22. The number of hydrogen-bond acceptors (Lipinski definition) is 5. The zero-order valence-electron chi connectivity index (χ0n) is 15.7. The number of methoxy groups -OCH3 is 2. The molecule has 0 spiro atoms.